The number of phenolic OH excluding ortho intramolecular Hbond substituents is 1. The Labute approximate surface area is 425 Å². The first kappa shape index (κ1) is 52.3. The Morgan fingerprint density at radius 3 is 1.88 bits per heavy atom. The average Bonchev–Trinajstić information content (AvgIpc) is 3.92. The molecule has 0 radical (unpaired) electrons. The van der Waals surface area contributed by atoms with E-state index in [0.717, 1.165) is 24.7 Å². The largest absolute Gasteiger partial charge is 0.508 e. The summed E-state index contributed by atoms with van der Waals surface area (Å²) in [5, 5.41) is 37.8. The van der Waals surface area contributed by atoms with Gasteiger partial charge in [-0.2, -0.15) is 45.9 Å². The van der Waals surface area contributed by atoms with Crippen molar-refractivity contribution < 1.29 is 41.0 Å². The first-order valence-corrected chi connectivity index (χ1v) is 23.0. The van der Waals surface area contributed by atoms with Crippen molar-refractivity contribution >= 4 is 57.8 Å². The fourth-order valence-electron chi connectivity index (χ4n) is 7.81. The minimum atomic E-state index is -4.86. The zero-order chi connectivity index (χ0) is 53.8. The maximum absolute atomic E-state index is 13.9. The second kappa shape index (κ2) is 21.6. The summed E-state index contributed by atoms with van der Waals surface area (Å²) in [6.45, 7) is 6.68. The zero-order valence-electron chi connectivity index (χ0n) is 41.1. The number of phenols is 1. The number of aromatic nitrogens is 8. The van der Waals surface area contributed by atoms with Crippen molar-refractivity contribution in [3.63, 3.8) is 0 Å². The summed E-state index contributed by atoms with van der Waals surface area (Å²) in [7, 11) is 5.59. The Morgan fingerprint density at radius 1 is 0.627 bits per heavy atom. The molecule has 0 spiro atoms. The number of nitrogens with zero attached hydrogens (tertiary/aromatic N) is 9. The topological polar surface area (TPSA) is 217 Å². The molecule has 4 aromatic carbocycles. The van der Waals surface area contributed by atoms with Crippen LogP contribution in [-0.4, -0.2) is 95.6 Å². The summed E-state index contributed by atoms with van der Waals surface area (Å²) >= 11 is 0. The lowest BCUT2D eigenvalue weighted by atomic mass is 9.96. The predicted molar refractivity (Wildman–Crippen MR) is 272 cm³/mol. The molecule has 0 bridgehead atoms. The Morgan fingerprint density at radius 2 is 1.24 bits per heavy atom. The summed E-state index contributed by atoms with van der Waals surface area (Å²) in [5.41, 5.74) is 1.22. The van der Waals surface area contributed by atoms with Crippen LogP contribution in [-0.2, 0) is 18.8 Å². The van der Waals surface area contributed by atoms with E-state index in [-0.39, 0.29) is 23.4 Å². The van der Waals surface area contributed by atoms with Crippen LogP contribution < -0.4 is 31.9 Å². The summed E-state index contributed by atoms with van der Waals surface area (Å²) in [6.07, 6.45) is -6.70. The normalized spacial score (nSPS) is 11.6. The number of carbonyl (C=O) groups is 2. The molecule has 7 N–H and O–H groups in total. The van der Waals surface area contributed by atoms with Crippen LogP contribution in [0.5, 0.6) is 5.75 Å². The molecular weight excluding hydrogens is 985 g/mol. The van der Waals surface area contributed by atoms with Crippen LogP contribution in [0.25, 0.3) is 11.6 Å². The van der Waals surface area contributed by atoms with Gasteiger partial charge in [0.2, 0.25) is 0 Å². The molecule has 75 heavy (non-hydrogen) atoms. The van der Waals surface area contributed by atoms with Gasteiger partial charge in [0, 0.05) is 78.3 Å². The summed E-state index contributed by atoms with van der Waals surface area (Å²) in [4.78, 5) is 47.1. The number of benzene rings is 4. The van der Waals surface area contributed by atoms with E-state index in [1.807, 2.05) is 25.9 Å². The highest BCUT2D eigenvalue weighted by molar-refractivity contribution is 6.06. The Balaban J connectivity index is 1.22. The molecule has 0 aliphatic rings. The van der Waals surface area contributed by atoms with E-state index in [0.29, 0.717) is 93.0 Å². The number of aromatic hydroxyl groups is 1. The van der Waals surface area contributed by atoms with Gasteiger partial charge in [0.25, 0.3) is 11.8 Å². The fraction of sp³-hybridized carbons (Fsp3) is 0.216. The van der Waals surface area contributed by atoms with Gasteiger partial charge in [-0.1, -0.05) is 12.1 Å². The highest BCUT2D eigenvalue weighted by Crippen LogP contribution is 2.36. The van der Waals surface area contributed by atoms with Gasteiger partial charge in [-0.25, -0.2) is 19.9 Å². The molecule has 0 fully saturated rings. The molecular formula is C51H49F6N15O3. The van der Waals surface area contributed by atoms with Crippen LogP contribution >= 0.6 is 0 Å². The quantitative estimate of drug-likeness (QED) is 0.0423. The van der Waals surface area contributed by atoms with Crippen LogP contribution in [0.1, 0.15) is 59.9 Å². The lowest BCUT2D eigenvalue weighted by molar-refractivity contribution is -0.138. The molecule has 0 saturated carbocycles. The van der Waals surface area contributed by atoms with Crippen molar-refractivity contribution in [2.45, 2.75) is 39.5 Å². The van der Waals surface area contributed by atoms with Gasteiger partial charge >= 0.3 is 12.4 Å². The van der Waals surface area contributed by atoms with E-state index in [9.17, 15) is 41.0 Å². The highest BCUT2D eigenvalue weighted by atomic mass is 19.4. The van der Waals surface area contributed by atoms with Crippen molar-refractivity contribution in [3.8, 4) is 17.4 Å². The Hall–Kier alpha value is -9.06. The smallest absolute Gasteiger partial charge is 0.416 e. The van der Waals surface area contributed by atoms with Gasteiger partial charge < -0.3 is 41.9 Å². The van der Waals surface area contributed by atoms with Crippen LogP contribution in [0, 0.1) is 20.8 Å². The molecule has 8 rings (SSSR count). The third-order valence-corrected chi connectivity index (χ3v) is 11.5. The van der Waals surface area contributed by atoms with E-state index in [4.69, 9.17) is 0 Å². The maximum atomic E-state index is 13.9. The standard InChI is InChI=1S/C51H49F6N15O3/c1-28-14-46(71(68-28)44-24-42(58-4)60-26-62-44)66-40-23-38(65-49(75)34-17-36(51(55,56)57)22-39(73)19-34)18-33(30(40)3)16-31-10-11-32(48(74)64-37-9-7-8-35(21-37)50(52,53)54)20-41(31)67-47-15-29(2)69-72(47)45-25-43(61-27-63-45)59-12-13-70(5)6/h7-11,14-15,17-27,66-67,73H,12-13,16H2,1-6H3,(H,64,74)(H,65,75)(H,58,60,62)(H,59,61,63). The first-order valence-electron chi connectivity index (χ1n) is 23.0. The molecule has 4 aromatic heterocycles. The number of aryl methyl sites for hydroxylation is 2. The lowest BCUT2D eigenvalue weighted by Gasteiger charge is -2.20. The van der Waals surface area contributed by atoms with Gasteiger partial charge in [0.1, 0.15) is 41.7 Å². The number of carbonyl (C=O) groups excluding carboxylic acids is 2. The van der Waals surface area contributed by atoms with Gasteiger partial charge in [-0.05, 0) is 119 Å². The summed E-state index contributed by atoms with van der Waals surface area (Å²) in [6, 6.07) is 21.1. The van der Waals surface area contributed by atoms with Crippen molar-refractivity contribution in [2.75, 3.05) is 66.1 Å². The number of nitrogens with one attached hydrogen (secondary N) is 6. The number of hydrogen-bond donors (Lipinski definition) is 7. The van der Waals surface area contributed by atoms with Crippen LogP contribution in [0.3, 0.4) is 0 Å². The van der Waals surface area contributed by atoms with E-state index in [1.165, 1.54) is 36.9 Å². The molecule has 0 unspecified atom stereocenters. The third-order valence-electron chi connectivity index (χ3n) is 11.5. The molecule has 0 saturated heterocycles. The number of alkyl halides is 6. The summed E-state index contributed by atoms with van der Waals surface area (Å²) < 4.78 is 85.6. The number of likely N-dealkylation sites (N-methyl/N-ethyl adjacent to an activating group) is 1. The van der Waals surface area contributed by atoms with E-state index >= 15 is 0 Å². The average molecular weight is 1030 g/mol. The molecule has 18 nitrogen and oxygen atoms in total. The van der Waals surface area contributed by atoms with Crippen molar-refractivity contribution in [1.29, 1.82) is 0 Å². The second-order valence-electron chi connectivity index (χ2n) is 17.5. The zero-order valence-corrected chi connectivity index (χ0v) is 41.1. The van der Waals surface area contributed by atoms with E-state index in [2.05, 4.69) is 62.0 Å². The van der Waals surface area contributed by atoms with Gasteiger partial charge in [-0.3, -0.25) is 9.59 Å². The van der Waals surface area contributed by atoms with Gasteiger partial charge in [0.05, 0.1) is 22.5 Å². The number of hydrogen-bond acceptors (Lipinski definition) is 14. The summed E-state index contributed by atoms with van der Waals surface area (Å²) in [5.74, 6) is 0.233. The van der Waals surface area contributed by atoms with Gasteiger partial charge in [-0.15, -0.1) is 0 Å². The molecule has 0 aliphatic heterocycles. The highest BCUT2D eigenvalue weighted by Gasteiger charge is 2.33. The molecule has 0 aliphatic carbocycles. The molecule has 388 valence electrons. The van der Waals surface area contributed by atoms with E-state index in [1.54, 1.807) is 72.7 Å². The van der Waals surface area contributed by atoms with E-state index < -0.39 is 46.6 Å². The minimum Gasteiger partial charge on any atom is -0.508 e. The molecule has 24 heteroatoms. The molecule has 8 aromatic rings. The fourth-order valence-corrected chi connectivity index (χ4v) is 7.81. The number of rotatable bonds is 17. The van der Waals surface area contributed by atoms with Crippen LogP contribution in [0.2, 0.25) is 0 Å². The maximum Gasteiger partial charge on any atom is 0.416 e. The third kappa shape index (κ3) is 12.8. The Bertz CT molecular complexity index is 3410. The number of halogens is 6. The van der Waals surface area contributed by atoms with Crippen LogP contribution in [0.15, 0.2) is 110 Å². The van der Waals surface area contributed by atoms with Crippen molar-refractivity contribution in [2.24, 2.45) is 0 Å². The first-order chi connectivity index (χ1) is 35.6. The predicted octanol–water partition coefficient (Wildman–Crippen LogP) is 9.90. The lowest BCUT2D eigenvalue weighted by Crippen LogP contribution is -2.21. The van der Waals surface area contributed by atoms with Crippen molar-refractivity contribution in [1.82, 2.24) is 44.4 Å². The molecule has 2 amide bonds. The van der Waals surface area contributed by atoms with Crippen LogP contribution in [0.4, 0.5) is 72.4 Å². The van der Waals surface area contributed by atoms with Gasteiger partial charge in [0.15, 0.2) is 11.6 Å². The number of amides is 2. The second-order valence-corrected chi connectivity index (χ2v) is 17.5. The SMILES string of the molecule is CNc1cc(-n2nc(C)cc2Nc2cc(NC(=O)c3cc(O)cc(C(F)(F)F)c3)cc(Cc3ccc(C(=O)Nc4cccc(C(F)(F)F)c4)cc3Nc3cc(C)nn3-c3cc(NCCN(C)C)ncn3)c2C)ncn1. The van der Waals surface area contributed by atoms with Crippen molar-refractivity contribution in [3.05, 3.63) is 160 Å². The molecule has 4 heterocycles. The number of anilines is 8. The minimum absolute atomic E-state index is 0.0649. The Kier molecular flexibility index (Phi) is 15.0. The monoisotopic (exact) mass is 1030 g/mol. The molecule has 0 atom stereocenters.